The van der Waals surface area contributed by atoms with Gasteiger partial charge in [0.2, 0.25) is 17.6 Å². The summed E-state index contributed by atoms with van der Waals surface area (Å²) < 4.78 is 5.32. The third-order valence-electron chi connectivity index (χ3n) is 5.49. The molecule has 6 heteroatoms. The Kier molecular flexibility index (Phi) is 6.46. The van der Waals surface area contributed by atoms with E-state index in [0.29, 0.717) is 37.0 Å². The van der Waals surface area contributed by atoms with Crippen molar-refractivity contribution >= 4 is 16.8 Å². The number of aryl methyl sites for hydroxylation is 2. The van der Waals surface area contributed by atoms with E-state index in [0.717, 1.165) is 23.9 Å². The molecule has 31 heavy (non-hydrogen) atoms. The third kappa shape index (κ3) is 5.20. The van der Waals surface area contributed by atoms with E-state index in [9.17, 15) is 4.79 Å². The first-order chi connectivity index (χ1) is 15.1. The third-order valence-corrected chi connectivity index (χ3v) is 5.49. The normalized spacial score (nSPS) is 11.3. The van der Waals surface area contributed by atoms with Crippen molar-refractivity contribution in [3.05, 3.63) is 71.7 Å². The maximum Gasteiger partial charge on any atom is 0.227 e. The second-order valence-corrected chi connectivity index (χ2v) is 8.10. The number of hydrogen-bond acceptors (Lipinski definition) is 4. The molecule has 0 spiro atoms. The van der Waals surface area contributed by atoms with Gasteiger partial charge in [-0.25, -0.2) is 0 Å². The van der Waals surface area contributed by atoms with Gasteiger partial charge in [0.05, 0.1) is 0 Å². The number of amides is 1. The maximum atomic E-state index is 12.2. The van der Waals surface area contributed by atoms with E-state index in [1.54, 1.807) is 0 Å². The molecule has 0 saturated carbocycles. The van der Waals surface area contributed by atoms with E-state index < -0.39 is 0 Å². The minimum Gasteiger partial charge on any atom is -0.361 e. The Morgan fingerprint density at radius 2 is 1.90 bits per heavy atom. The Morgan fingerprint density at radius 1 is 1.10 bits per heavy atom. The monoisotopic (exact) mass is 416 g/mol. The van der Waals surface area contributed by atoms with Gasteiger partial charge in [-0.05, 0) is 36.0 Å². The molecule has 2 heterocycles. The number of nitrogens with one attached hydrogen (secondary N) is 2. The van der Waals surface area contributed by atoms with Gasteiger partial charge in [0.25, 0.3) is 0 Å². The number of aromatic amines is 1. The fraction of sp³-hybridized carbons (Fsp3) is 0.320. The van der Waals surface area contributed by atoms with E-state index in [4.69, 9.17) is 4.52 Å². The van der Waals surface area contributed by atoms with Gasteiger partial charge in [-0.2, -0.15) is 4.98 Å². The minimum atomic E-state index is -0.0000343. The predicted molar refractivity (Wildman–Crippen MR) is 122 cm³/mol. The number of para-hydroxylation sites is 1. The zero-order valence-electron chi connectivity index (χ0n) is 18.0. The molecule has 1 amide bonds. The van der Waals surface area contributed by atoms with Crippen molar-refractivity contribution in [3.8, 4) is 11.4 Å². The highest BCUT2D eigenvalue weighted by atomic mass is 16.5. The first-order valence-corrected chi connectivity index (χ1v) is 10.8. The second kappa shape index (κ2) is 9.60. The van der Waals surface area contributed by atoms with Crippen molar-refractivity contribution in [2.75, 3.05) is 6.54 Å². The van der Waals surface area contributed by atoms with Gasteiger partial charge in [0, 0.05) is 42.0 Å². The topological polar surface area (TPSA) is 83.8 Å². The predicted octanol–water partition coefficient (Wildman–Crippen LogP) is 5.02. The second-order valence-electron chi connectivity index (χ2n) is 8.10. The van der Waals surface area contributed by atoms with Crippen molar-refractivity contribution in [3.63, 3.8) is 0 Å². The lowest BCUT2D eigenvalue weighted by Gasteiger charge is -2.04. The number of hydrogen-bond donors (Lipinski definition) is 2. The maximum absolute atomic E-state index is 12.2. The summed E-state index contributed by atoms with van der Waals surface area (Å²) >= 11 is 0. The summed E-state index contributed by atoms with van der Waals surface area (Å²) in [4.78, 5) is 19.9. The molecule has 160 valence electrons. The quantitative estimate of drug-likeness (QED) is 0.375. The van der Waals surface area contributed by atoms with Crippen molar-refractivity contribution in [1.82, 2.24) is 20.4 Å². The Morgan fingerprint density at radius 3 is 2.71 bits per heavy atom. The highest BCUT2D eigenvalue weighted by Gasteiger charge is 2.11. The van der Waals surface area contributed by atoms with Crippen LogP contribution >= 0.6 is 0 Å². The van der Waals surface area contributed by atoms with Gasteiger partial charge in [0.15, 0.2) is 0 Å². The summed E-state index contributed by atoms with van der Waals surface area (Å²) in [5, 5.41) is 8.28. The molecule has 6 nitrogen and oxygen atoms in total. The van der Waals surface area contributed by atoms with E-state index in [1.807, 2.05) is 24.3 Å². The molecule has 2 N–H and O–H groups in total. The summed E-state index contributed by atoms with van der Waals surface area (Å²) in [6, 6.07) is 16.4. The van der Waals surface area contributed by atoms with Crippen LogP contribution < -0.4 is 5.32 Å². The standard InChI is InChI=1S/C25H28N4O2/c1-17(2)18-9-11-19(12-10-18)25-28-24(31-29-25)14-13-23(30)26-15-5-6-20-16-27-22-8-4-3-7-21(20)22/h3-4,7-12,16-17,27H,5-6,13-15H2,1-2H3,(H,26,30). The Bertz CT molecular complexity index is 1140. The van der Waals surface area contributed by atoms with Crippen LogP contribution in [-0.2, 0) is 17.6 Å². The van der Waals surface area contributed by atoms with Crippen LogP contribution in [0.25, 0.3) is 22.3 Å². The molecular formula is C25H28N4O2. The molecule has 2 aromatic carbocycles. The first-order valence-electron chi connectivity index (χ1n) is 10.8. The molecule has 0 atom stereocenters. The lowest BCUT2D eigenvalue weighted by atomic mass is 10.0. The van der Waals surface area contributed by atoms with Crippen molar-refractivity contribution in [2.24, 2.45) is 0 Å². The average molecular weight is 417 g/mol. The summed E-state index contributed by atoms with van der Waals surface area (Å²) in [6.07, 6.45) is 4.64. The molecule has 0 unspecified atom stereocenters. The zero-order chi connectivity index (χ0) is 21.6. The summed E-state index contributed by atoms with van der Waals surface area (Å²) in [6.45, 7) is 4.97. The van der Waals surface area contributed by atoms with Crippen molar-refractivity contribution in [2.45, 2.75) is 45.4 Å². The number of nitrogens with zero attached hydrogens (tertiary/aromatic N) is 2. The number of fused-ring (bicyclic) bond motifs is 1. The zero-order valence-corrected chi connectivity index (χ0v) is 18.0. The van der Waals surface area contributed by atoms with Crippen LogP contribution in [0.5, 0.6) is 0 Å². The van der Waals surface area contributed by atoms with E-state index in [1.165, 1.54) is 16.5 Å². The smallest absolute Gasteiger partial charge is 0.227 e. The van der Waals surface area contributed by atoms with Crippen molar-refractivity contribution < 1.29 is 9.32 Å². The SMILES string of the molecule is CC(C)c1ccc(-c2noc(CCC(=O)NCCCc3c[nH]c4ccccc34)n2)cc1. The van der Waals surface area contributed by atoms with Crippen LogP contribution in [0.2, 0.25) is 0 Å². The highest BCUT2D eigenvalue weighted by Crippen LogP contribution is 2.21. The molecule has 0 aliphatic rings. The van der Waals surface area contributed by atoms with Gasteiger partial charge in [0.1, 0.15) is 0 Å². The van der Waals surface area contributed by atoms with E-state index in [2.05, 4.69) is 64.8 Å². The number of carbonyl (C=O) groups excluding carboxylic acids is 1. The van der Waals surface area contributed by atoms with E-state index in [-0.39, 0.29) is 5.91 Å². The average Bonchev–Trinajstić information content (AvgIpc) is 3.43. The molecule has 2 aromatic heterocycles. The van der Waals surface area contributed by atoms with Crippen LogP contribution in [0, 0.1) is 0 Å². The molecule has 0 bridgehead atoms. The van der Waals surface area contributed by atoms with Gasteiger partial charge >= 0.3 is 0 Å². The fourth-order valence-electron chi connectivity index (χ4n) is 3.64. The van der Waals surface area contributed by atoms with E-state index >= 15 is 0 Å². The lowest BCUT2D eigenvalue weighted by Crippen LogP contribution is -2.25. The Hall–Kier alpha value is -3.41. The largest absolute Gasteiger partial charge is 0.361 e. The van der Waals surface area contributed by atoms with Gasteiger partial charge < -0.3 is 14.8 Å². The van der Waals surface area contributed by atoms with Gasteiger partial charge in [-0.15, -0.1) is 0 Å². The van der Waals surface area contributed by atoms with Gasteiger partial charge in [-0.1, -0.05) is 61.5 Å². The van der Waals surface area contributed by atoms with Crippen LogP contribution in [0.15, 0.2) is 59.3 Å². The molecule has 4 aromatic rings. The van der Waals surface area contributed by atoms with Crippen LogP contribution in [-0.4, -0.2) is 27.6 Å². The van der Waals surface area contributed by atoms with Crippen LogP contribution in [0.1, 0.15) is 49.6 Å². The summed E-state index contributed by atoms with van der Waals surface area (Å²) in [5.41, 5.74) is 4.62. The molecular weight excluding hydrogens is 388 g/mol. The van der Waals surface area contributed by atoms with Crippen LogP contribution in [0.4, 0.5) is 0 Å². The number of aromatic nitrogens is 3. The molecule has 0 aliphatic carbocycles. The lowest BCUT2D eigenvalue weighted by molar-refractivity contribution is -0.121. The number of benzene rings is 2. The van der Waals surface area contributed by atoms with Crippen LogP contribution in [0.3, 0.4) is 0 Å². The first kappa shape index (κ1) is 20.8. The Balaban J connectivity index is 1.20. The number of rotatable bonds is 9. The van der Waals surface area contributed by atoms with Gasteiger partial charge in [-0.3, -0.25) is 4.79 Å². The fourth-order valence-corrected chi connectivity index (χ4v) is 3.64. The highest BCUT2D eigenvalue weighted by molar-refractivity contribution is 5.83. The Labute approximate surface area is 182 Å². The summed E-state index contributed by atoms with van der Waals surface area (Å²) in [5.74, 6) is 1.53. The summed E-state index contributed by atoms with van der Waals surface area (Å²) in [7, 11) is 0. The molecule has 0 saturated heterocycles. The van der Waals surface area contributed by atoms with Crippen molar-refractivity contribution in [1.29, 1.82) is 0 Å². The molecule has 4 rings (SSSR count). The number of carbonyl (C=O) groups is 1. The molecule has 0 aliphatic heterocycles. The minimum absolute atomic E-state index is 0.0000343. The molecule has 0 fully saturated rings. The molecule has 0 radical (unpaired) electrons. The number of H-pyrrole nitrogens is 1.